The van der Waals surface area contributed by atoms with Crippen molar-refractivity contribution in [2.75, 3.05) is 26.9 Å². The topological polar surface area (TPSA) is 79.2 Å². The van der Waals surface area contributed by atoms with Crippen molar-refractivity contribution in [2.24, 2.45) is 5.92 Å². The Morgan fingerprint density at radius 3 is 2.43 bits per heavy atom. The molecule has 3 N–H and O–H groups in total. The van der Waals surface area contributed by atoms with Crippen molar-refractivity contribution >= 4 is 0 Å². The second-order valence-corrected chi connectivity index (χ2v) is 6.02. The molecule has 0 unspecified atom stereocenters. The molecule has 0 bridgehead atoms. The molecule has 0 aliphatic carbocycles. The van der Waals surface area contributed by atoms with Crippen molar-refractivity contribution in [3.05, 3.63) is 42.0 Å². The highest BCUT2D eigenvalue weighted by Gasteiger charge is 2.30. The van der Waals surface area contributed by atoms with Crippen LogP contribution in [0.3, 0.4) is 0 Å². The second kappa shape index (κ2) is 9.67. The van der Waals surface area contributed by atoms with E-state index in [2.05, 4.69) is 6.58 Å². The van der Waals surface area contributed by atoms with Gasteiger partial charge < -0.3 is 24.8 Å². The van der Waals surface area contributed by atoms with Crippen LogP contribution in [0.1, 0.15) is 25.3 Å². The van der Waals surface area contributed by atoms with Crippen LogP contribution in [0.2, 0.25) is 0 Å². The number of methoxy groups -OCH3 is 1. The van der Waals surface area contributed by atoms with E-state index >= 15 is 0 Å². The Kier molecular flexibility index (Phi) is 8.26. The molecule has 0 aliphatic heterocycles. The van der Waals surface area contributed by atoms with Gasteiger partial charge in [-0.2, -0.15) is 0 Å². The third kappa shape index (κ3) is 6.71. The number of ether oxygens (including phenoxy) is 2. The largest absolute Gasteiger partial charge is 0.497 e. The van der Waals surface area contributed by atoms with E-state index in [0.29, 0.717) is 26.1 Å². The first-order valence-electron chi connectivity index (χ1n) is 7.74. The van der Waals surface area contributed by atoms with Crippen LogP contribution >= 0.6 is 0 Å². The zero-order valence-electron chi connectivity index (χ0n) is 14.0. The van der Waals surface area contributed by atoms with Crippen LogP contribution in [0.5, 0.6) is 5.75 Å². The molecule has 1 aromatic rings. The molecule has 1 rings (SSSR count). The first-order valence-corrected chi connectivity index (χ1v) is 7.74. The van der Waals surface area contributed by atoms with Gasteiger partial charge in [0.25, 0.3) is 0 Å². The summed E-state index contributed by atoms with van der Waals surface area (Å²) in [6, 6.07) is 7.66. The van der Waals surface area contributed by atoms with E-state index in [1.54, 1.807) is 7.11 Å². The quantitative estimate of drug-likeness (QED) is 0.542. The molecule has 0 spiro atoms. The lowest BCUT2D eigenvalue weighted by Crippen LogP contribution is -2.40. The fourth-order valence-corrected chi connectivity index (χ4v) is 2.21. The van der Waals surface area contributed by atoms with Crippen LogP contribution < -0.4 is 4.74 Å². The molecular formula is C18H28O5. The summed E-state index contributed by atoms with van der Waals surface area (Å²) in [5, 5.41) is 28.5. The molecule has 0 aliphatic rings. The van der Waals surface area contributed by atoms with Crippen molar-refractivity contribution in [1.29, 1.82) is 0 Å². The van der Waals surface area contributed by atoms with Gasteiger partial charge in [0.05, 0.1) is 32.5 Å². The Morgan fingerprint density at radius 2 is 1.91 bits per heavy atom. The van der Waals surface area contributed by atoms with Gasteiger partial charge in [-0.25, -0.2) is 0 Å². The van der Waals surface area contributed by atoms with Crippen LogP contribution in [-0.4, -0.2) is 47.9 Å². The van der Waals surface area contributed by atoms with Crippen LogP contribution in [0.15, 0.2) is 36.4 Å². The van der Waals surface area contributed by atoms with E-state index in [1.807, 2.05) is 24.3 Å². The Bertz CT molecular complexity index is 467. The third-order valence-corrected chi connectivity index (χ3v) is 4.00. The van der Waals surface area contributed by atoms with E-state index in [1.165, 1.54) is 6.92 Å². The monoisotopic (exact) mass is 324 g/mol. The van der Waals surface area contributed by atoms with Gasteiger partial charge in [-0.15, -0.1) is 0 Å². The first kappa shape index (κ1) is 19.6. The van der Waals surface area contributed by atoms with Crippen molar-refractivity contribution < 1.29 is 24.8 Å². The standard InChI is InChI=1S/C18H28O5/c1-14(4-7-16(10-19)18(2,21)13-20)11-23-12-15-5-8-17(22-3)9-6-15/h5-6,8-9,16,19-21H,1,4,7,10-13H2,2-3H3/t16-,18-/m1/s1. The summed E-state index contributed by atoms with van der Waals surface area (Å²) >= 11 is 0. The van der Waals surface area contributed by atoms with E-state index in [4.69, 9.17) is 14.6 Å². The summed E-state index contributed by atoms with van der Waals surface area (Å²) in [5.74, 6) is 0.426. The number of aliphatic hydroxyl groups is 3. The van der Waals surface area contributed by atoms with Gasteiger partial charge in [-0.1, -0.05) is 24.3 Å². The maximum atomic E-state index is 9.98. The van der Waals surface area contributed by atoms with E-state index in [0.717, 1.165) is 16.9 Å². The van der Waals surface area contributed by atoms with Crippen LogP contribution in [0.4, 0.5) is 0 Å². The predicted molar refractivity (Wildman–Crippen MR) is 89.3 cm³/mol. The Balaban J connectivity index is 2.31. The van der Waals surface area contributed by atoms with E-state index in [-0.39, 0.29) is 19.1 Å². The highest BCUT2D eigenvalue weighted by Crippen LogP contribution is 2.23. The average Bonchev–Trinajstić information content (AvgIpc) is 2.55. The minimum Gasteiger partial charge on any atom is -0.497 e. The SMILES string of the molecule is C=C(CC[C@H](CO)[C@](C)(O)CO)COCc1ccc(OC)cc1. The summed E-state index contributed by atoms with van der Waals surface area (Å²) in [4.78, 5) is 0. The zero-order valence-corrected chi connectivity index (χ0v) is 14.0. The van der Waals surface area contributed by atoms with Gasteiger partial charge in [0.2, 0.25) is 0 Å². The van der Waals surface area contributed by atoms with Gasteiger partial charge >= 0.3 is 0 Å². The minimum atomic E-state index is -1.28. The summed E-state index contributed by atoms with van der Waals surface area (Å²) in [6.45, 7) is 5.84. The number of rotatable bonds is 11. The number of benzene rings is 1. The van der Waals surface area contributed by atoms with Gasteiger partial charge in [-0.3, -0.25) is 0 Å². The normalized spacial score (nSPS) is 15.0. The highest BCUT2D eigenvalue weighted by atomic mass is 16.5. The molecule has 0 fully saturated rings. The smallest absolute Gasteiger partial charge is 0.118 e. The summed E-state index contributed by atoms with van der Waals surface area (Å²) in [7, 11) is 1.63. The third-order valence-electron chi connectivity index (χ3n) is 4.00. The fourth-order valence-electron chi connectivity index (χ4n) is 2.21. The number of aliphatic hydroxyl groups excluding tert-OH is 2. The lowest BCUT2D eigenvalue weighted by molar-refractivity contribution is -0.0654. The summed E-state index contributed by atoms with van der Waals surface area (Å²) < 4.78 is 10.7. The lowest BCUT2D eigenvalue weighted by atomic mass is 9.86. The molecule has 130 valence electrons. The van der Waals surface area contributed by atoms with Gasteiger partial charge in [0.15, 0.2) is 0 Å². The second-order valence-electron chi connectivity index (χ2n) is 6.02. The molecule has 0 saturated heterocycles. The van der Waals surface area contributed by atoms with Crippen molar-refractivity contribution in [1.82, 2.24) is 0 Å². The molecule has 0 radical (unpaired) electrons. The molecular weight excluding hydrogens is 296 g/mol. The molecule has 0 aromatic heterocycles. The highest BCUT2D eigenvalue weighted by molar-refractivity contribution is 5.26. The molecule has 0 heterocycles. The molecule has 5 nitrogen and oxygen atoms in total. The van der Waals surface area contributed by atoms with Gasteiger partial charge in [0, 0.05) is 12.5 Å². The molecule has 5 heteroatoms. The van der Waals surface area contributed by atoms with Crippen LogP contribution in [-0.2, 0) is 11.3 Å². The maximum Gasteiger partial charge on any atom is 0.118 e. The first-order chi connectivity index (χ1) is 10.9. The summed E-state index contributed by atoms with van der Waals surface area (Å²) in [6.07, 6.45) is 1.18. The Hall–Kier alpha value is -1.40. The number of hydrogen-bond donors (Lipinski definition) is 3. The number of hydrogen-bond acceptors (Lipinski definition) is 5. The van der Waals surface area contributed by atoms with E-state index in [9.17, 15) is 10.2 Å². The Morgan fingerprint density at radius 1 is 1.26 bits per heavy atom. The molecule has 0 amide bonds. The van der Waals surface area contributed by atoms with Crippen LogP contribution in [0, 0.1) is 5.92 Å². The molecule has 1 aromatic carbocycles. The zero-order chi connectivity index (χ0) is 17.3. The van der Waals surface area contributed by atoms with Crippen molar-refractivity contribution in [3.8, 4) is 5.75 Å². The Labute approximate surface area is 138 Å². The summed E-state index contributed by atoms with van der Waals surface area (Å²) in [5.41, 5.74) is 0.666. The maximum absolute atomic E-state index is 9.98. The molecule has 23 heavy (non-hydrogen) atoms. The van der Waals surface area contributed by atoms with Crippen LogP contribution in [0.25, 0.3) is 0 Å². The van der Waals surface area contributed by atoms with Crippen molar-refractivity contribution in [3.63, 3.8) is 0 Å². The fraction of sp³-hybridized carbons (Fsp3) is 0.556. The predicted octanol–water partition coefficient (Wildman–Crippen LogP) is 1.90. The molecule has 2 atom stereocenters. The average molecular weight is 324 g/mol. The van der Waals surface area contributed by atoms with E-state index < -0.39 is 5.60 Å². The lowest BCUT2D eigenvalue weighted by Gasteiger charge is -2.30. The van der Waals surface area contributed by atoms with Gasteiger partial charge in [-0.05, 0) is 37.5 Å². The van der Waals surface area contributed by atoms with Gasteiger partial charge in [0.1, 0.15) is 5.75 Å². The minimum absolute atomic E-state index is 0.173. The molecule has 0 saturated carbocycles. The van der Waals surface area contributed by atoms with Crippen molar-refractivity contribution in [2.45, 2.75) is 32.0 Å².